The molecule has 0 bridgehead atoms. The number of para-hydroxylation sites is 1. The summed E-state index contributed by atoms with van der Waals surface area (Å²) in [5.74, 6) is 0.249. The molecule has 2 aliphatic rings. The number of nitrogens with one attached hydrogen (secondary N) is 1. The van der Waals surface area contributed by atoms with Crippen LogP contribution in [0, 0.1) is 0 Å². The highest BCUT2D eigenvalue weighted by Gasteiger charge is 2.42. The smallest absolute Gasteiger partial charge is 0.263 e. The van der Waals surface area contributed by atoms with Gasteiger partial charge < -0.3 is 5.32 Å². The van der Waals surface area contributed by atoms with E-state index in [2.05, 4.69) is 10.3 Å². The maximum absolute atomic E-state index is 13.3. The molecule has 1 unspecified atom stereocenters. The summed E-state index contributed by atoms with van der Waals surface area (Å²) in [6.45, 7) is 0. The van der Waals surface area contributed by atoms with E-state index in [0.29, 0.717) is 21.7 Å². The third-order valence-corrected chi connectivity index (χ3v) is 6.20. The minimum atomic E-state index is -0.636. The molecular weight excluding hydrogens is 444 g/mol. The van der Waals surface area contributed by atoms with Gasteiger partial charge in [-0.25, -0.2) is 14.9 Å². The van der Waals surface area contributed by atoms with Crippen LogP contribution in [0.5, 0.6) is 0 Å². The lowest BCUT2D eigenvalue weighted by atomic mass is 10.1. The summed E-state index contributed by atoms with van der Waals surface area (Å²) in [4.78, 5) is 36.8. The van der Waals surface area contributed by atoms with Crippen molar-refractivity contribution in [2.24, 2.45) is 9.98 Å². The second-order valence-corrected chi connectivity index (χ2v) is 8.58. The highest BCUT2D eigenvalue weighted by molar-refractivity contribution is 8.14. The van der Waals surface area contributed by atoms with Crippen LogP contribution in [0.4, 0.5) is 11.4 Å². The summed E-state index contributed by atoms with van der Waals surface area (Å²) in [6.07, 6.45) is 0. The average Bonchev–Trinajstić information content (AvgIpc) is 3.16. The van der Waals surface area contributed by atoms with E-state index in [4.69, 9.17) is 16.6 Å². The summed E-state index contributed by atoms with van der Waals surface area (Å²) in [5, 5.41) is 3.79. The number of rotatable bonds is 4. The van der Waals surface area contributed by atoms with Gasteiger partial charge in [-0.3, -0.25) is 9.59 Å². The third kappa shape index (κ3) is 3.92. The number of thioether (sulfide) groups is 1. The Labute approximate surface area is 194 Å². The van der Waals surface area contributed by atoms with Crippen molar-refractivity contribution in [2.45, 2.75) is 6.04 Å². The van der Waals surface area contributed by atoms with E-state index in [1.54, 1.807) is 24.3 Å². The Morgan fingerprint density at radius 3 is 2.62 bits per heavy atom. The molecule has 32 heavy (non-hydrogen) atoms. The molecule has 0 saturated heterocycles. The van der Waals surface area contributed by atoms with Crippen molar-refractivity contribution in [1.29, 1.82) is 0 Å². The van der Waals surface area contributed by atoms with Gasteiger partial charge in [0.15, 0.2) is 11.2 Å². The van der Waals surface area contributed by atoms with Crippen molar-refractivity contribution in [3.05, 3.63) is 95.0 Å². The van der Waals surface area contributed by atoms with Crippen LogP contribution in [0.15, 0.2) is 88.8 Å². The lowest BCUT2D eigenvalue weighted by Crippen LogP contribution is -2.40. The van der Waals surface area contributed by atoms with Gasteiger partial charge in [0.2, 0.25) is 5.91 Å². The van der Waals surface area contributed by atoms with Crippen molar-refractivity contribution in [1.82, 2.24) is 4.90 Å². The second kappa shape index (κ2) is 8.61. The Morgan fingerprint density at radius 1 is 1.03 bits per heavy atom. The summed E-state index contributed by atoms with van der Waals surface area (Å²) in [7, 11) is 0. The van der Waals surface area contributed by atoms with E-state index in [-0.39, 0.29) is 17.6 Å². The van der Waals surface area contributed by atoms with Crippen molar-refractivity contribution >= 4 is 57.6 Å². The first-order valence-corrected chi connectivity index (χ1v) is 11.3. The molecule has 0 aliphatic carbocycles. The van der Waals surface area contributed by atoms with Crippen LogP contribution in [0.2, 0.25) is 5.02 Å². The maximum atomic E-state index is 13.3. The number of nitrogens with zero attached hydrogens (tertiary/aromatic N) is 3. The fourth-order valence-electron chi connectivity index (χ4n) is 3.59. The molecule has 6 nitrogen and oxygen atoms in total. The Bertz CT molecular complexity index is 1280. The summed E-state index contributed by atoms with van der Waals surface area (Å²) in [6, 6.07) is 23.3. The topological polar surface area (TPSA) is 74.1 Å². The average molecular weight is 461 g/mol. The Balaban J connectivity index is 1.40. The van der Waals surface area contributed by atoms with Gasteiger partial charge in [0, 0.05) is 16.3 Å². The van der Waals surface area contributed by atoms with Crippen LogP contribution >= 0.6 is 23.4 Å². The van der Waals surface area contributed by atoms with Crippen LogP contribution in [-0.4, -0.2) is 33.5 Å². The molecule has 1 N–H and O–H groups in total. The number of carbonyl (C=O) groups excluding carboxylic acids is 2. The van der Waals surface area contributed by atoms with E-state index < -0.39 is 6.04 Å². The van der Waals surface area contributed by atoms with E-state index in [1.807, 2.05) is 54.6 Å². The minimum absolute atomic E-state index is 0.0839. The first kappa shape index (κ1) is 20.5. The van der Waals surface area contributed by atoms with Crippen LogP contribution in [-0.2, 0) is 9.59 Å². The van der Waals surface area contributed by atoms with Crippen LogP contribution in [0.1, 0.15) is 17.2 Å². The van der Waals surface area contributed by atoms with E-state index in [9.17, 15) is 9.59 Å². The fraction of sp³-hybridized carbons (Fsp3) is 0.0833. The molecule has 5 rings (SSSR count). The van der Waals surface area contributed by atoms with E-state index >= 15 is 0 Å². The zero-order chi connectivity index (χ0) is 22.1. The quantitative estimate of drug-likeness (QED) is 0.592. The molecule has 3 aromatic carbocycles. The molecule has 0 fully saturated rings. The Kier molecular flexibility index (Phi) is 5.51. The number of halogens is 1. The van der Waals surface area contributed by atoms with Crippen molar-refractivity contribution < 1.29 is 9.59 Å². The van der Waals surface area contributed by atoms with Crippen LogP contribution < -0.4 is 5.32 Å². The van der Waals surface area contributed by atoms with E-state index in [0.717, 1.165) is 16.8 Å². The van der Waals surface area contributed by atoms with Crippen molar-refractivity contribution in [3.63, 3.8) is 0 Å². The lowest BCUT2D eigenvalue weighted by Gasteiger charge is -2.25. The SMILES string of the molecule is O=C(CSC1=Nc2ccccc2C2=NC(c3ccccc3)C(=O)N12)Nc1cccc(Cl)c1. The number of carbonyl (C=O) groups is 2. The number of aliphatic imine (C=N–C) groups is 2. The van der Waals surface area contributed by atoms with Gasteiger partial charge in [0.1, 0.15) is 5.84 Å². The van der Waals surface area contributed by atoms with Crippen LogP contribution in [0.3, 0.4) is 0 Å². The zero-order valence-electron chi connectivity index (χ0n) is 16.7. The molecule has 2 aliphatic heterocycles. The maximum Gasteiger partial charge on any atom is 0.263 e. The summed E-state index contributed by atoms with van der Waals surface area (Å²) >= 11 is 7.18. The van der Waals surface area contributed by atoms with Gasteiger partial charge in [-0.2, -0.15) is 0 Å². The monoisotopic (exact) mass is 460 g/mol. The first-order chi connectivity index (χ1) is 15.6. The fourth-order valence-corrected chi connectivity index (χ4v) is 4.58. The predicted octanol–water partition coefficient (Wildman–Crippen LogP) is 5.04. The number of hydrogen-bond acceptors (Lipinski definition) is 5. The third-order valence-electron chi connectivity index (χ3n) is 5.03. The minimum Gasteiger partial charge on any atom is -0.325 e. The zero-order valence-corrected chi connectivity index (χ0v) is 18.3. The van der Waals surface area contributed by atoms with Gasteiger partial charge in [-0.05, 0) is 35.9 Å². The molecule has 2 amide bonds. The molecular formula is C24H17ClN4O2S. The van der Waals surface area contributed by atoms with Gasteiger partial charge in [0.25, 0.3) is 5.91 Å². The molecule has 3 aromatic rings. The second-order valence-electron chi connectivity index (χ2n) is 7.20. The number of fused-ring (bicyclic) bond motifs is 3. The molecule has 158 valence electrons. The molecule has 1 atom stereocenters. The molecule has 0 saturated carbocycles. The van der Waals surface area contributed by atoms with Crippen LogP contribution in [0.25, 0.3) is 0 Å². The Morgan fingerprint density at radius 2 is 1.81 bits per heavy atom. The van der Waals surface area contributed by atoms with Gasteiger partial charge in [-0.15, -0.1) is 0 Å². The molecule has 0 aromatic heterocycles. The number of benzene rings is 3. The first-order valence-electron chi connectivity index (χ1n) is 9.93. The Hall–Kier alpha value is -3.42. The molecule has 0 spiro atoms. The predicted molar refractivity (Wildman–Crippen MR) is 129 cm³/mol. The number of amidine groups is 2. The standard InChI is InChI=1S/C24H17ClN4O2S/c25-16-9-6-10-17(13-16)26-20(30)14-32-24-27-19-12-5-4-11-18(19)22-28-21(23(31)29(22)24)15-7-2-1-3-8-15/h1-13,21H,14H2,(H,26,30). The summed E-state index contributed by atoms with van der Waals surface area (Å²) in [5.41, 5.74) is 2.95. The van der Waals surface area contributed by atoms with Gasteiger partial charge >= 0.3 is 0 Å². The van der Waals surface area contributed by atoms with Gasteiger partial charge in [-0.1, -0.05) is 71.9 Å². The molecule has 8 heteroatoms. The lowest BCUT2D eigenvalue weighted by molar-refractivity contribution is -0.124. The van der Waals surface area contributed by atoms with Crippen molar-refractivity contribution in [3.8, 4) is 0 Å². The van der Waals surface area contributed by atoms with Gasteiger partial charge in [0.05, 0.1) is 11.4 Å². The highest BCUT2D eigenvalue weighted by Crippen LogP contribution is 2.37. The largest absolute Gasteiger partial charge is 0.325 e. The number of amides is 2. The molecule has 0 radical (unpaired) electrons. The molecule has 2 heterocycles. The van der Waals surface area contributed by atoms with Crippen molar-refractivity contribution in [2.75, 3.05) is 11.1 Å². The summed E-state index contributed by atoms with van der Waals surface area (Å²) < 4.78 is 0. The number of anilines is 1. The number of hydrogen-bond donors (Lipinski definition) is 1. The highest BCUT2D eigenvalue weighted by atomic mass is 35.5. The van der Waals surface area contributed by atoms with E-state index in [1.165, 1.54) is 16.7 Å². The normalized spacial score (nSPS) is 16.7.